The van der Waals surface area contributed by atoms with Gasteiger partial charge in [0.2, 0.25) is 0 Å². The molecule has 0 aliphatic carbocycles. The van der Waals surface area contributed by atoms with Gasteiger partial charge >= 0.3 is 5.97 Å². The molecule has 1 heterocycles. The number of imide groups is 1. The predicted molar refractivity (Wildman–Crippen MR) is 78.4 cm³/mol. The van der Waals surface area contributed by atoms with Crippen LogP contribution >= 0.6 is 0 Å². The quantitative estimate of drug-likeness (QED) is 0.643. The van der Waals surface area contributed by atoms with Gasteiger partial charge in [0.05, 0.1) is 30.3 Å². The fourth-order valence-electron chi connectivity index (χ4n) is 2.48. The number of nitrogens with zero attached hydrogens (tertiary/aromatic N) is 1. The van der Waals surface area contributed by atoms with E-state index in [9.17, 15) is 14.4 Å². The maximum absolute atomic E-state index is 12.3. The zero-order chi connectivity index (χ0) is 15.7. The minimum Gasteiger partial charge on any atom is -0.465 e. The monoisotopic (exact) mass is 295 g/mol. The van der Waals surface area contributed by atoms with Crippen LogP contribution in [0.25, 0.3) is 0 Å². The first-order valence-corrected chi connectivity index (χ1v) is 6.74. The molecule has 5 nitrogen and oxygen atoms in total. The summed E-state index contributed by atoms with van der Waals surface area (Å²) in [6, 6.07) is 13.4. The van der Waals surface area contributed by atoms with Gasteiger partial charge in [-0.05, 0) is 29.8 Å². The van der Waals surface area contributed by atoms with Crippen LogP contribution in [-0.2, 0) is 11.3 Å². The highest BCUT2D eigenvalue weighted by Crippen LogP contribution is 2.24. The van der Waals surface area contributed by atoms with Crippen LogP contribution in [0.15, 0.2) is 48.5 Å². The third kappa shape index (κ3) is 2.26. The summed E-state index contributed by atoms with van der Waals surface area (Å²) < 4.78 is 4.67. The van der Waals surface area contributed by atoms with Gasteiger partial charge in [-0.15, -0.1) is 0 Å². The van der Waals surface area contributed by atoms with Gasteiger partial charge in [0, 0.05) is 0 Å². The molecule has 0 aromatic heterocycles. The lowest BCUT2D eigenvalue weighted by molar-refractivity contribution is 0.0599. The van der Waals surface area contributed by atoms with Crippen molar-refractivity contribution < 1.29 is 19.1 Å². The van der Waals surface area contributed by atoms with E-state index in [4.69, 9.17) is 0 Å². The first kappa shape index (κ1) is 14.0. The molecule has 0 N–H and O–H groups in total. The van der Waals surface area contributed by atoms with Crippen molar-refractivity contribution >= 4 is 17.8 Å². The van der Waals surface area contributed by atoms with Crippen LogP contribution < -0.4 is 0 Å². The first-order valence-electron chi connectivity index (χ1n) is 6.74. The molecular weight excluding hydrogens is 282 g/mol. The maximum atomic E-state index is 12.3. The number of ether oxygens (including phenoxy) is 1. The molecule has 1 aliphatic rings. The molecule has 0 bridgehead atoms. The average molecular weight is 295 g/mol. The SMILES string of the molecule is COC(=O)c1cccc(CN2C(=O)c3ccccc3C2=O)c1. The van der Waals surface area contributed by atoms with Crippen molar-refractivity contribution in [2.45, 2.75) is 6.54 Å². The van der Waals surface area contributed by atoms with Gasteiger partial charge in [-0.1, -0.05) is 24.3 Å². The van der Waals surface area contributed by atoms with Crippen molar-refractivity contribution in [1.82, 2.24) is 4.90 Å². The Morgan fingerprint density at radius 3 is 2.23 bits per heavy atom. The van der Waals surface area contributed by atoms with E-state index in [1.165, 1.54) is 12.0 Å². The topological polar surface area (TPSA) is 63.7 Å². The van der Waals surface area contributed by atoms with Crippen LogP contribution in [0.2, 0.25) is 0 Å². The van der Waals surface area contributed by atoms with Gasteiger partial charge in [0.25, 0.3) is 11.8 Å². The fourth-order valence-corrected chi connectivity index (χ4v) is 2.48. The molecular formula is C17H13NO4. The Hall–Kier alpha value is -2.95. The van der Waals surface area contributed by atoms with E-state index in [0.29, 0.717) is 22.3 Å². The Morgan fingerprint density at radius 2 is 1.64 bits per heavy atom. The molecule has 0 radical (unpaired) electrons. The van der Waals surface area contributed by atoms with Crippen LogP contribution in [0.1, 0.15) is 36.6 Å². The van der Waals surface area contributed by atoms with E-state index in [2.05, 4.69) is 4.74 Å². The highest BCUT2D eigenvalue weighted by atomic mass is 16.5. The van der Waals surface area contributed by atoms with Crippen LogP contribution in [-0.4, -0.2) is 29.8 Å². The lowest BCUT2D eigenvalue weighted by Gasteiger charge is -2.14. The Bertz CT molecular complexity index is 747. The van der Waals surface area contributed by atoms with Crippen molar-refractivity contribution in [2.75, 3.05) is 7.11 Å². The van der Waals surface area contributed by atoms with E-state index in [1.807, 2.05) is 0 Å². The second-order valence-corrected chi connectivity index (χ2v) is 4.93. The standard InChI is InChI=1S/C17H13NO4/c1-22-17(21)12-6-4-5-11(9-12)10-18-15(19)13-7-2-3-8-14(13)16(18)20/h2-9H,10H2,1H3. The molecule has 2 amide bonds. The van der Waals surface area contributed by atoms with Crippen molar-refractivity contribution in [3.63, 3.8) is 0 Å². The van der Waals surface area contributed by atoms with E-state index in [-0.39, 0.29) is 18.4 Å². The minimum atomic E-state index is -0.454. The number of carbonyl (C=O) groups excluding carboxylic acids is 3. The summed E-state index contributed by atoms with van der Waals surface area (Å²) in [6.45, 7) is 0.122. The molecule has 0 fully saturated rings. The summed E-state index contributed by atoms with van der Waals surface area (Å²) in [4.78, 5) is 37.3. The number of methoxy groups -OCH3 is 1. The Labute approximate surface area is 127 Å². The first-order chi connectivity index (χ1) is 10.6. The molecule has 2 aromatic rings. The highest BCUT2D eigenvalue weighted by molar-refractivity contribution is 6.21. The number of rotatable bonds is 3. The van der Waals surface area contributed by atoms with Gasteiger partial charge in [-0.25, -0.2) is 4.79 Å². The molecule has 0 saturated heterocycles. The van der Waals surface area contributed by atoms with Crippen molar-refractivity contribution in [3.8, 4) is 0 Å². The van der Waals surface area contributed by atoms with E-state index in [0.717, 1.165) is 0 Å². The van der Waals surface area contributed by atoms with Gasteiger partial charge < -0.3 is 4.74 Å². The molecule has 110 valence electrons. The lowest BCUT2D eigenvalue weighted by atomic mass is 10.1. The number of benzene rings is 2. The number of carbonyl (C=O) groups is 3. The summed E-state index contributed by atoms with van der Waals surface area (Å²) in [5.41, 5.74) is 1.90. The molecule has 0 unspecified atom stereocenters. The third-order valence-electron chi connectivity index (χ3n) is 3.57. The van der Waals surface area contributed by atoms with Crippen molar-refractivity contribution in [2.24, 2.45) is 0 Å². The Morgan fingerprint density at radius 1 is 1.00 bits per heavy atom. The number of fused-ring (bicyclic) bond motifs is 1. The molecule has 0 atom stereocenters. The van der Waals surface area contributed by atoms with Gasteiger partial charge in [0.15, 0.2) is 0 Å². The molecule has 3 rings (SSSR count). The summed E-state index contributed by atoms with van der Waals surface area (Å²) >= 11 is 0. The fraction of sp³-hybridized carbons (Fsp3) is 0.118. The lowest BCUT2D eigenvalue weighted by Crippen LogP contribution is -2.29. The van der Waals surface area contributed by atoms with E-state index < -0.39 is 5.97 Å². The molecule has 5 heteroatoms. The van der Waals surface area contributed by atoms with Gasteiger partial charge in [-0.3, -0.25) is 14.5 Å². The number of hydrogen-bond donors (Lipinski definition) is 0. The summed E-state index contributed by atoms with van der Waals surface area (Å²) in [7, 11) is 1.30. The normalized spacial score (nSPS) is 13.2. The van der Waals surface area contributed by atoms with Gasteiger partial charge in [-0.2, -0.15) is 0 Å². The minimum absolute atomic E-state index is 0.122. The second-order valence-electron chi connectivity index (χ2n) is 4.93. The molecule has 22 heavy (non-hydrogen) atoms. The molecule has 1 aliphatic heterocycles. The summed E-state index contributed by atoms with van der Waals surface area (Å²) in [5, 5.41) is 0. The van der Waals surface area contributed by atoms with Crippen LogP contribution in [0.5, 0.6) is 0 Å². The zero-order valence-corrected chi connectivity index (χ0v) is 11.9. The number of amides is 2. The Balaban J connectivity index is 1.88. The average Bonchev–Trinajstić information content (AvgIpc) is 2.80. The van der Waals surface area contributed by atoms with E-state index in [1.54, 1.807) is 48.5 Å². The number of hydrogen-bond acceptors (Lipinski definition) is 4. The van der Waals surface area contributed by atoms with Crippen LogP contribution in [0.4, 0.5) is 0 Å². The predicted octanol–water partition coefficient (Wildman–Crippen LogP) is 2.27. The molecule has 0 saturated carbocycles. The molecule has 0 spiro atoms. The van der Waals surface area contributed by atoms with Crippen LogP contribution in [0, 0.1) is 0 Å². The molecule has 2 aromatic carbocycles. The van der Waals surface area contributed by atoms with E-state index >= 15 is 0 Å². The zero-order valence-electron chi connectivity index (χ0n) is 11.9. The Kier molecular flexibility index (Phi) is 3.47. The maximum Gasteiger partial charge on any atom is 0.337 e. The second kappa shape index (κ2) is 5.44. The number of esters is 1. The summed E-state index contributed by atoms with van der Waals surface area (Å²) in [6.07, 6.45) is 0. The van der Waals surface area contributed by atoms with Crippen LogP contribution in [0.3, 0.4) is 0 Å². The largest absolute Gasteiger partial charge is 0.465 e. The van der Waals surface area contributed by atoms with Crippen molar-refractivity contribution in [1.29, 1.82) is 0 Å². The van der Waals surface area contributed by atoms with Crippen molar-refractivity contribution in [3.05, 3.63) is 70.8 Å². The third-order valence-corrected chi connectivity index (χ3v) is 3.57. The smallest absolute Gasteiger partial charge is 0.337 e. The highest BCUT2D eigenvalue weighted by Gasteiger charge is 2.34. The van der Waals surface area contributed by atoms with Gasteiger partial charge in [0.1, 0.15) is 0 Å². The summed E-state index contributed by atoms with van der Waals surface area (Å²) in [5.74, 6) is -1.09.